The second-order valence-electron chi connectivity index (χ2n) is 2.74. The van der Waals surface area contributed by atoms with Crippen LogP contribution in [0.4, 0.5) is 13.2 Å². The lowest BCUT2D eigenvalue weighted by Gasteiger charge is -2.09. The number of alkyl halides is 2. The first kappa shape index (κ1) is 14.6. The Labute approximate surface area is 93.0 Å². The van der Waals surface area contributed by atoms with Crippen molar-refractivity contribution in [2.24, 2.45) is 0 Å². The van der Waals surface area contributed by atoms with Gasteiger partial charge in [0.15, 0.2) is 0 Å². The van der Waals surface area contributed by atoms with Gasteiger partial charge in [-0.05, 0) is 6.42 Å². The van der Waals surface area contributed by atoms with Crippen LogP contribution < -0.4 is 9.47 Å². The highest BCUT2D eigenvalue weighted by Crippen LogP contribution is 2.27. The number of ether oxygens (including phenoxy) is 2. The lowest BCUT2D eigenvalue weighted by atomic mass is 10.1. The first-order valence-corrected chi connectivity index (χ1v) is 4.66. The summed E-state index contributed by atoms with van der Waals surface area (Å²) in [5, 5.41) is 0. The highest BCUT2D eigenvalue weighted by Gasteiger charge is 2.09. The summed E-state index contributed by atoms with van der Waals surface area (Å²) in [5.74, 6) is 0.740. The van der Waals surface area contributed by atoms with Crippen molar-refractivity contribution in [2.75, 3.05) is 21.1 Å². The van der Waals surface area contributed by atoms with E-state index in [0.29, 0.717) is 23.5 Å². The van der Waals surface area contributed by atoms with Gasteiger partial charge in [0, 0.05) is 17.7 Å². The summed E-state index contributed by atoms with van der Waals surface area (Å²) in [6.07, 6.45) is 0.610. The molecule has 5 heteroatoms. The van der Waals surface area contributed by atoms with Crippen molar-refractivity contribution in [1.82, 2.24) is 0 Å². The zero-order chi connectivity index (χ0) is 12.6. The van der Waals surface area contributed by atoms with E-state index in [2.05, 4.69) is 0 Å². The van der Waals surface area contributed by atoms with Crippen molar-refractivity contribution < 1.29 is 22.6 Å². The Kier molecular flexibility index (Phi) is 7.16. The average molecular weight is 236 g/mol. The number of hydrogen-bond acceptors (Lipinski definition) is 2. The van der Waals surface area contributed by atoms with Gasteiger partial charge in [-0.1, -0.05) is 6.92 Å². The minimum absolute atomic E-state index is 0.279. The summed E-state index contributed by atoms with van der Waals surface area (Å²) >= 11 is 0. The molecule has 0 heterocycles. The zero-order valence-corrected chi connectivity index (χ0v) is 9.52. The molecule has 1 aromatic carbocycles. The zero-order valence-electron chi connectivity index (χ0n) is 9.52. The third-order valence-corrected chi connectivity index (χ3v) is 1.94. The molecule has 0 amide bonds. The van der Waals surface area contributed by atoms with E-state index in [1.807, 2.05) is 6.92 Å². The molecule has 0 bridgehead atoms. The van der Waals surface area contributed by atoms with E-state index in [-0.39, 0.29) is 5.82 Å². The number of halogens is 3. The van der Waals surface area contributed by atoms with Gasteiger partial charge >= 0.3 is 0 Å². The van der Waals surface area contributed by atoms with Crippen LogP contribution >= 0.6 is 0 Å². The molecule has 16 heavy (non-hydrogen) atoms. The van der Waals surface area contributed by atoms with Crippen LogP contribution in [0.5, 0.6) is 11.5 Å². The number of benzene rings is 1. The van der Waals surface area contributed by atoms with Gasteiger partial charge < -0.3 is 9.47 Å². The molecule has 0 atom stereocenters. The van der Waals surface area contributed by atoms with Crippen molar-refractivity contribution in [1.29, 1.82) is 0 Å². The molecule has 2 nitrogen and oxygen atoms in total. The third kappa shape index (κ3) is 4.00. The molecule has 0 aliphatic rings. The van der Waals surface area contributed by atoms with Gasteiger partial charge in [0.2, 0.25) is 6.93 Å². The summed E-state index contributed by atoms with van der Waals surface area (Å²) in [4.78, 5) is 0. The van der Waals surface area contributed by atoms with E-state index >= 15 is 0 Å². The van der Waals surface area contributed by atoms with Gasteiger partial charge in [0.1, 0.15) is 17.3 Å². The van der Waals surface area contributed by atoms with Crippen molar-refractivity contribution in [3.8, 4) is 11.5 Å². The second-order valence-corrected chi connectivity index (χ2v) is 2.74. The lowest BCUT2D eigenvalue weighted by Crippen LogP contribution is -1.96. The van der Waals surface area contributed by atoms with E-state index in [0.717, 1.165) is 0 Å². The number of methoxy groups -OCH3 is 2. The molecule has 0 aromatic heterocycles. The van der Waals surface area contributed by atoms with Crippen LogP contribution in [0, 0.1) is 5.82 Å². The van der Waals surface area contributed by atoms with Crippen LogP contribution in [-0.4, -0.2) is 21.1 Å². The van der Waals surface area contributed by atoms with Gasteiger partial charge in [-0.15, -0.1) is 0 Å². The van der Waals surface area contributed by atoms with Crippen LogP contribution in [-0.2, 0) is 6.42 Å². The fraction of sp³-hybridized carbons (Fsp3) is 0.455. The lowest BCUT2D eigenvalue weighted by molar-refractivity contribution is 0.295. The first-order chi connectivity index (χ1) is 7.64. The maximum Gasteiger partial charge on any atom is 0.229 e. The molecular formula is C11H15F3O2. The molecule has 0 aliphatic heterocycles. The average Bonchev–Trinajstić information content (AvgIpc) is 2.28. The Balaban J connectivity index is 0.000000673. The minimum atomic E-state index is -1.75. The van der Waals surface area contributed by atoms with Crippen molar-refractivity contribution in [3.05, 3.63) is 23.5 Å². The topological polar surface area (TPSA) is 18.5 Å². The van der Waals surface area contributed by atoms with Crippen LogP contribution in [0.25, 0.3) is 0 Å². The Bertz CT molecular complexity index is 316. The molecule has 0 aliphatic carbocycles. The van der Waals surface area contributed by atoms with Crippen LogP contribution in [0.1, 0.15) is 12.5 Å². The summed E-state index contributed by atoms with van der Waals surface area (Å²) in [6.45, 7) is 0.132. The normalized spacial score (nSPS) is 9.12. The summed E-state index contributed by atoms with van der Waals surface area (Å²) in [6, 6.07) is 3.04. The number of hydrogen-bond donors (Lipinski definition) is 0. The predicted molar refractivity (Wildman–Crippen MR) is 56.0 cm³/mol. The van der Waals surface area contributed by atoms with Crippen molar-refractivity contribution in [2.45, 2.75) is 13.3 Å². The summed E-state index contributed by atoms with van der Waals surface area (Å²) < 4.78 is 42.5. The molecule has 92 valence electrons. The fourth-order valence-electron chi connectivity index (χ4n) is 1.23. The maximum atomic E-state index is 13.3. The largest absolute Gasteiger partial charge is 0.497 e. The van der Waals surface area contributed by atoms with E-state index in [4.69, 9.17) is 9.47 Å². The van der Waals surface area contributed by atoms with Crippen LogP contribution in [0.3, 0.4) is 0 Å². The first-order valence-electron chi connectivity index (χ1n) is 4.66. The highest BCUT2D eigenvalue weighted by molar-refractivity contribution is 5.41. The monoisotopic (exact) mass is 236 g/mol. The third-order valence-electron chi connectivity index (χ3n) is 1.94. The molecule has 1 rings (SSSR count). The van der Waals surface area contributed by atoms with Gasteiger partial charge in [-0.25, -0.2) is 13.2 Å². The second kappa shape index (κ2) is 7.84. The molecule has 0 N–H and O–H groups in total. The predicted octanol–water partition coefficient (Wildman–Crippen LogP) is 3.29. The van der Waals surface area contributed by atoms with Gasteiger partial charge in [0.25, 0.3) is 0 Å². The molecule has 0 fully saturated rings. The molecular weight excluding hydrogens is 221 g/mol. The van der Waals surface area contributed by atoms with Gasteiger partial charge in [0.05, 0.1) is 14.2 Å². The van der Waals surface area contributed by atoms with Crippen molar-refractivity contribution in [3.63, 3.8) is 0 Å². The van der Waals surface area contributed by atoms with Gasteiger partial charge in [-0.2, -0.15) is 0 Å². The standard InChI is InChI=1S/C10H13FO2.CH2F2/c1-4-8-9(11)5-7(12-2)6-10(8)13-3;2-1-3/h5-6H,4H2,1-3H3;1H2. The Hall–Kier alpha value is -1.39. The minimum Gasteiger partial charge on any atom is -0.497 e. The van der Waals surface area contributed by atoms with Crippen molar-refractivity contribution >= 4 is 0 Å². The molecule has 0 saturated carbocycles. The number of rotatable bonds is 3. The Morgan fingerprint density at radius 2 is 1.69 bits per heavy atom. The molecule has 0 spiro atoms. The Morgan fingerprint density at radius 3 is 2.06 bits per heavy atom. The van der Waals surface area contributed by atoms with Crippen LogP contribution in [0.2, 0.25) is 0 Å². The fourth-order valence-corrected chi connectivity index (χ4v) is 1.23. The maximum absolute atomic E-state index is 13.3. The molecule has 0 radical (unpaired) electrons. The SMILES string of the molecule is CCc1c(F)cc(OC)cc1OC.FCF. The molecule has 1 aromatic rings. The van der Waals surface area contributed by atoms with Gasteiger partial charge in [-0.3, -0.25) is 0 Å². The summed E-state index contributed by atoms with van der Waals surface area (Å²) in [7, 11) is 3.02. The molecule has 0 unspecified atom stereocenters. The van der Waals surface area contributed by atoms with E-state index in [1.54, 1.807) is 6.07 Å². The Morgan fingerprint density at radius 1 is 1.12 bits per heavy atom. The molecule has 0 saturated heterocycles. The summed E-state index contributed by atoms with van der Waals surface area (Å²) in [5.41, 5.74) is 0.586. The van der Waals surface area contributed by atoms with E-state index in [9.17, 15) is 13.2 Å². The van der Waals surface area contributed by atoms with Crippen LogP contribution in [0.15, 0.2) is 12.1 Å². The van der Waals surface area contributed by atoms with E-state index in [1.165, 1.54) is 20.3 Å². The smallest absolute Gasteiger partial charge is 0.229 e. The quantitative estimate of drug-likeness (QED) is 0.801. The van der Waals surface area contributed by atoms with E-state index < -0.39 is 6.93 Å². The highest BCUT2D eigenvalue weighted by atomic mass is 19.3.